The number of hydrogen-bond acceptors (Lipinski definition) is 4. The molecule has 0 unspecified atom stereocenters. The third-order valence-electron chi connectivity index (χ3n) is 6.95. The van der Waals surface area contributed by atoms with Gasteiger partial charge in [-0.15, -0.1) is 0 Å². The third-order valence-corrected chi connectivity index (χ3v) is 8.26. The maximum Gasteiger partial charge on any atom is 0.411 e. The highest BCUT2D eigenvalue weighted by atomic mass is 32.2. The van der Waals surface area contributed by atoms with Gasteiger partial charge in [0, 0.05) is 18.7 Å². The van der Waals surface area contributed by atoms with Crippen molar-refractivity contribution in [3.63, 3.8) is 0 Å². The van der Waals surface area contributed by atoms with Gasteiger partial charge in [0.2, 0.25) is 15.9 Å². The summed E-state index contributed by atoms with van der Waals surface area (Å²) in [7, 11) is -3.42. The molecule has 1 fully saturated rings. The molecule has 1 aliphatic heterocycles. The van der Waals surface area contributed by atoms with Crippen LogP contribution >= 0.6 is 0 Å². The Morgan fingerprint density at radius 1 is 1.03 bits per heavy atom. The molecule has 1 aliphatic carbocycles. The number of carboxylic acid groups (broad SMARTS) is 1. The Labute approximate surface area is 207 Å². The van der Waals surface area contributed by atoms with Crippen molar-refractivity contribution < 1.29 is 23.1 Å². The van der Waals surface area contributed by atoms with E-state index in [0.717, 1.165) is 36.8 Å². The molecule has 2 N–H and O–H groups in total. The number of carbonyl (C=O) groups is 2. The summed E-state index contributed by atoms with van der Waals surface area (Å²) < 4.78 is 26.5. The Morgan fingerprint density at radius 2 is 1.74 bits per heavy atom. The standard InChI is InChI=1S/C26H33N3O5S/c1-3-35(33,34)27-22-11-7-10-20(15-22)21-12-13-23-24(16-21)28(26(31)32)17-18(2)29(23)25(30)14-19-8-5-4-6-9-19/h7,10-13,15-16,18-19,27H,3-6,8-9,14,17H2,1-2H3,(H,31,32)/t18-/m0/s1. The number of amides is 2. The van der Waals surface area contributed by atoms with Crippen LogP contribution in [0.1, 0.15) is 52.4 Å². The minimum absolute atomic E-state index is 0.0352. The molecule has 0 bridgehead atoms. The molecule has 0 spiro atoms. The molecule has 35 heavy (non-hydrogen) atoms. The van der Waals surface area contributed by atoms with E-state index in [-0.39, 0.29) is 24.2 Å². The average molecular weight is 500 g/mol. The molecule has 0 saturated heterocycles. The first-order chi connectivity index (χ1) is 16.7. The van der Waals surface area contributed by atoms with E-state index >= 15 is 0 Å². The van der Waals surface area contributed by atoms with Gasteiger partial charge >= 0.3 is 6.09 Å². The van der Waals surface area contributed by atoms with Gasteiger partial charge in [-0.05, 0) is 68.0 Å². The van der Waals surface area contributed by atoms with Crippen molar-refractivity contribution in [2.75, 3.05) is 26.8 Å². The number of benzene rings is 2. The van der Waals surface area contributed by atoms with Crippen molar-refractivity contribution in [3.8, 4) is 11.1 Å². The molecular formula is C26H33N3O5S. The molecule has 1 saturated carbocycles. The molecule has 1 heterocycles. The Morgan fingerprint density at radius 3 is 2.43 bits per heavy atom. The van der Waals surface area contributed by atoms with Crippen LogP contribution < -0.4 is 14.5 Å². The number of sulfonamides is 1. The molecule has 2 aromatic carbocycles. The number of rotatable bonds is 6. The zero-order valence-corrected chi connectivity index (χ0v) is 21.1. The average Bonchev–Trinajstić information content (AvgIpc) is 2.83. The molecule has 1 atom stereocenters. The summed E-state index contributed by atoms with van der Waals surface area (Å²) in [5, 5.41) is 9.89. The van der Waals surface area contributed by atoms with Crippen molar-refractivity contribution >= 4 is 39.1 Å². The lowest BCUT2D eigenvalue weighted by Gasteiger charge is -2.41. The minimum Gasteiger partial charge on any atom is -0.465 e. The Bertz CT molecular complexity index is 1210. The van der Waals surface area contributed by atoms with Crippen LogP contribution in [-0.2, 0) is 14.8 Å². The van der Waals surface area contributed by atoms with Gasteiger partial charge in [0.05, 0.1) is 23.2 Å². The number of anilines is 3. The molecular weight excluding hydrogens is 466 g/mol. The summed E-state index contributed by atoms with van der Waals surface area (Å²) >= 11 is 0. The second kappa shape index (κ2) is 10.3. The Balaban J connectivity index is 1.68. The number of carbonyl (C=O) groups excluding carboxylic acids is 1. The topological polar surface area (TPSA) is 107 Å². The molecule has 0 aromatic heterocycles. The van der Waals surface area contributed by atoms with Crippen molar-refractivity contribution in [1.82, 2.24) is 0 Å². The fourth-order valence-electron chi connectivity index (χ4n) is 5.12. The molecule has 9 heteroatoms. The highest BCUT2D eigenvalue weighted by Gasteiger charge is 2.35. The minimum atomic E-state index is -3.42. The summed E-state index contributed by atoms with van der Waals surface area (Å²) in [6.07, 6.45) is 5.10. The smallest absolute Gasteiger partial charge is 0.411 e. The largest absolute Gasteiger partial charge is 0.465 e. The normalized spacial score (nSPS) is 18.7. The van der Waals surface area contributed by atoms with E-state index in [1.54, 1.807) is 42.2 Å². The Hall–Kier alpha value is -3.07. The van der Waals surface area contributed by atoms with Crippen LogP contribution in [-0.4, -0.2) is 43.9 Å². The van der Waals surface area contributed by atoms with Gasteiger partial charge in [0.25, 0.3) is 0 Å². The zero-order valence-electron chi connectivity index (χ0n) is 20.2. The summed E-state index contributed by atoms with van der Waals surface area (Å²) in [5.41, 5.74) is 2.98. The van der Waals surface area contributed by atoms with Crippen molar-refractivity contribution in [2.45, 2.75) is 58.4 Å². The van der Waals surface area contributed by atoms with Gasteiger partial charge in [-0.3, -0.25) is 14.4 Å². The fourth-order valence-corrected chi connectivity index (χ4v) is 5.75. The van der Waals surface area contributed by atoms with E-state index in [1.165, 1.54) is 11.3 Å². The quantitative estimate of drug-likeness (QED) is 0.560. The van der Waals surface area contributed by atoms with Gasteiger partial charge < -0.3 is 10.0 Å². The summed E-state index contributed by atoms with van der Waals surface area (Å²) in [5.74, 6) is 0.393. The fraction of sp³-hybridized carbons (Fsp3) is 0.462. The lowest BCUT2D eigenvalue weighted by Crippen LogP contribution is -2.52. The first-order valence-corrected chi connectivity index (χ1v) is 13.9. The van der Waals surface area contributed by atoms with Crippen LogP contribution in [0.4, 0.5) is 21.9 Å². The lowest BCUT2D eigenvalue weighted by atomic mass is 9.86. The van der Waals surface area contributed by atoms with E-state index in [9.17, 15) is 23.1 Å². The van der Waals surface area contributed by atoms with Gasteiger partial charge in [0.1, 0.15) is 0 Å². The first kappa shape index (κ1) is 25.0. The summed E-state index contributed by atoms with van der Waals surface area (Å²) in [6, 6.07) is 12.1. The molecule has 188 valence electrons. The third kappa shape index (κ3) is 5.61. The highest BCUT2D eigenvalue weighted by Crippen LogP contribution is 2.40. The first-order valence-electron chi connectivity index (χ1n) is 12.3. The highest BCUT2D eigenvalue weighted by molar-refractivity contribution is 7.92. The maximum absolute atomic E-state index is 13.4. The molecule has 2 aromatic rings. The van der Waals surface area contributed by atoms with Gasteiger partial charge in [-0.2, -0.15) is 0 Å². The van der Waals surface area contributed by atoms with Gasteiger partial charge in [0.15, 0.2) is 0 Å². The SMILES string of the molecule is CCS(=O)(=O)Nc1cccc(-c2ccc3c(c2)N(C(=O)O)C[C@H](C)N3C(=O)CC2CCCCC2)c1. The van der Waals surface area contributed by atoms with Crippen LogP contribution in [0, 0.1) is 5.92 Å². The zero-order chi connectivity index (χ0) is 25.2. The maximum atomic E-state index is 13.4. The second-order valence-corrected chi connectivity index (χ2v) is 11.5. The van der Waals surface area contributed by atoms with E-state index in [2.05, 4.69) is 4.72 Å². The van der Waals surface area contributed by atoms with Gasteiger partial charge in [-0.25, -0.2) is 13.2 Å². The number of fused-ring (bicyclic) bond motifs is 1. The van der Waals surface area contributed by atoms with Crippen molar-refractivity contribution in [1.29, 1.82) is 0 Å². The lowest BCUT2D eigenvalue weighted by molar-refractivity contribution is -0.120. The van der Waals surface area contributed by atoms with Crippen LogP contribution in [0.15, 0.2) is 42.5 Å². The summed E-state index contributed by atoms with van der Waals surface area (Å²) in [4.78, 5) is 28.5. The van der Waals surface area contributed by atoms with Crippen LogP contribution in [0.25, 0.3) is 11.1 Å². The predicted molar refractivity (Wildman–Crippen MR) is 138 cm³/mol. The number of nitrogens with zero attached hydrogens (tertiary/aromatic N) is 2. The van der Waals surface area contributed by atoms with Crippen LogP contribution in [0.5, 0.6) is 0 Å². The second-order valence-electron chi connectivity index (χ2n) is 9.50. The van der Waals surface area contributed by atoms with E-state index in [4.69, 9.17) is 0 Å². The van der Waals surface area contributed by atoms with Crippen LogP contribution in [0.2, 0.25) is 0 Å². The predicted octanol–water partition coefficient (Wildman–Crippen LogP) is 5.31. The van der Waals surface area contributed by atoms with E-state index < -0.39 is 16.1 Å². The molecule has 2 aliphatic rings. The van der Waals surface area contributed by atoms with E-state index in [0.29, 0.717) is 29.4 Å². The van der Waals surface area contributed by atoms with E-state index in [1.807, 2.05) is 19.1 Å². The molecule has 4 rings (SSSR count). The van der Waals surface area contributed by atoms with Crippen molar-refractivity contribution in [3.05, 3.63) is 42.5 Å². The summed E-state index contributed by atoms with van der Waals surface area (Å²) in [6.45, 7) is 3.64. The van der Waals surface area contributed by atoms with Gasteiger partial charge in [-0.1, -0.05) is 37.5 Å². The molecule has 2 amide bonds. The monoisotopic (exact) mass is 499 g/mol. The Kier molecular flexibility index (Phi) is 7.35. The van der Waals surface area contributed by atoms with Crippen molar-refractivity contribution in [2.24, 2.45) is 5.92 Å². The molecule has 0 radical (unpaired) electrons. The molecule has 8 nitrogen and oxygen atoms in total. The van der Waals surface area contributed by atoms with Crippen LogP contribution in [0.3, 0.4) is 0 Å². The number of hydrogen-bond donors (Lipinski definition) is 2. The number of nitrogens with one attached hydrogen (secondary N) is 1.